The average Bonchev–Trinajstić information content (AvgIpc) is 2.58. The molecule has 1 aromatic carbocycles. The molecular weight excluding hydrogens is 320 g/mol. The number of nitrogens with zero attached hydrogens (tertiary/aromatic N) is 4. The van der Waals surface area contributed by atoms with Crippen molar-refractivity contribution in [3.63, 3.8) is 0 Å². The molecule has 1 aromatic heterocycles. The van der Waals surface area contributed by atoms with Crippen molar-refractivity contribution >= 4 is 28.5 Å². The van der Waals surface area contributed by atoms with Gasteiger partial charge in [-0.05, 0) is 31.5 Å². The van der Waals surface area contributed by atoms with Gasteiger partial charge in [0.25, 0.3) is 5.56 Å². The Morgan fingerprint density at radius 3 is 2.28 bits per heavy atom. The van der Waals surface area contributed by atoms with Crippen LogP contribution in [0.2, 0.25) is 0 Å². The third kappa shape index (κ3) is 3.01. The molecule has 1 aliphatic rings. The molecule has 0 radical (unpaired) electrons. The number of carbonyl (C=O) groups excluding carboxylic acids is 2. The number of amides is 1. The van der Waals surface area contributed by atoms with E-state index in [4.69, 9.17) is 0 Å². The lowest BCUT2D eigenvalue weighted by atomic mass is 10.0. The predicted molar refractivity (Wildman–Crippen MR) is 96.2 cm³/mol. The molecule has 7 nitrogen and oxygen atoms in total. The lowest BCUT2D eigenvalue weighted by molar-refractivity contribution is -0.129. The summed E-state index contributed by atoms with van der Waals surface area (Å²) in [5.74, 6) is 0.475. The van der Waals surface area contributed by atoms with Gasteiger partial charge in [-0.1, -0.05) is 0 Å². The van der Waals surface area contributed by atoms with Gasteiger partial charge in [0.1, 0.15) is 0 Å². The highest BCUT2D eigenvalue weighted by Crippen LogP contribution is 2.21. The van der Waals surface area contributed by atoms with Crippen molar-refractivity contribution in [3.05, 3.63) is 33.6 Å². The number of rotatable bonds is 2. The fourth-order valence-corrected chi connectivity index (χ4v) is 3.28. The Labute approximate surface area is 145 Å². The fourth-order valence-electron chi connectivity index (χ4n) is 3.28. The lowest BCUT2D eigenvalue weighted by Gasteiger charge is -2.35. The van der Waals surface area contributed by atoms with E-state index in [-0.39, 0.29) is 17.2 Å². The highest BCUT2D eigenvalue weighted by atomic mass is 16.2. The molecule has 2 aromatic rings. The van der Waals surface area contributed by atoms with E-state index in [2.05, 4.69) is 4.98 Å². The Hall–Kier alpha value is -2.70. The summed E-state index contributed by atoms with van der Waals surface area (Å²) in [7, 11) is 1.69. The van der Waals surface area contributed by atoms with Crippen LogP contribution < -0.4 is 10.5 Å². The number of aromatic nitrogens is 2. The van der Waals surface area contributed by atoms with Crippen LogP contribution in [0.5, 0.6) is 0 Å². The number of aryl methyl sites for hydroxylation is 1. The van der Waals surface area contributed by atoms with Crippen molar-refractivity contribution in [2.24, 2.45) is 7.05 Å². The maximum Gasteiger partial charge on any atom is 0.262 e. The molecule has 1 saturated heterocycles. The van der Waals surface area contributed by atoms with E-state index in [1.807, 2.05) is 11.8 Å². The zero-order valence-electron chi connectivity index (χ0n) is 15.0. The molecular formula is C18H22N4O3. The van der Waals surface area contributed by atoms with Gasteiger partial charge in [0.15, 0.2) is 5.78 Å². The summed E-state index contributed by atoms with van der Waals surface area (Å²) in [6, 6.07) is 3.54. The minimum atomic E-state index is -0.166. The molecule has 1 amide bonds. The van der Waals surface area contributed by atoms with Gasteiger partial charge in [-0.3, -0.25) is 19.0 Å². The quantitative estimate of drug-likeness (QED) is 0.765. The molecule has 0 bridgehead atoms. The van der Waals surface area contributed by atoms with Crippen LogP contribution in [0.1, 0.15) is 29.8 Å². The molecule has 1 aliphatic heterocycles. The first-order valence-corrected chi connectivity index (χ1v) is 8.32. The Morgan fingerprint density at radius 1 is 1.08 bits per heavy atom. The molecule has 0 N–H and O–H groups in total. The number of piperazine rings is 1. The Bertz CT molecular complexity index is 924. The summed E-state index contributed by atoms with van der Waals surface area (Å²) < 4.78 is 1.52. The molecule has 7 heteroatoms. The van der Waals surface area contributed by atoms with Gasteiger partial charge in [0.2, 0.25) is 11.9 Å². The monoisotopic (exact) mass is 342 g/mol. The summed E-state index contributed by atoms with van der Waals surface area (Å²) in [6.45, 7) is 7.30. The fraction of sp³-hybridized carbons (Fsp3) is 0.444. The van der Waals surface area contributed by atoms with Gasteiger partial charge in [0, 0.05) is 45.7 Å². The van der Waals surface area contributed by atoms with E-state index in [9.17, 15) is 14.4 Å². The Kier molecular flexibility index (Phi) is 4.32. The van der Waals surface area contributed by atoms with Crippen LogP contribution in [0.25, 0.3) is 10.9 Å². The second kappa shape index (κ2) is 6.31. The molecule has 25 heavy (non-hydrogen) atoms. The minimum absolute atomic E-state index is 0.0503. The zero-order valence-corrected chi connectivity index (χ0v) is 15.0. The highest BCUT2D eigenvalue weighted by Gasteiger charge is 2.23. The van der Waals surface area contributed by atoms with Crippen LogP contribution >= 0.6 is 0 Å². The maximum atomic E-state index is 12.8. The molecule has 3 rings (SSSR count). The minimum Gasteiger partial charge on any atom is -0.339 e. The Morgan fingerprint density at radius 2 is 1.72 bits per heavy atom. The number of carbonyl (C=O) groups is 2. The van der Waals surface area contributed by atoms with Crippen molar-refractivity contribution in [2.75, 3.05) is 31.1 Å². The predicted octanol–water partition coefficient (Wildman–Crippen LogP) is 1.11. The van der Waals surface area contributed by atoms with Gasteiger partial charge in [0.05, 0.1) is 10.9 Å². The van der Waals surface area contributed by atoms with Gasteiger partial charge in [-0.2, -0.15) is 0 Å². The molecule has 0 unspecified atom stereocenters. The average molecular weight is 342 g/mol. The number of hydrogen-bond donors (Lipinski definition) is 0. The summed E-state index contributed by atoms with van der Waals surface area (Å²) in [6.07, 6.45) is 0. The van der Waals surface area contributed by atoms with Gasteiger partial charge in [-0.15, -0.1) is 0 Å². The lowest BCUT2D eigenvalue weighted by Crippen LogP contribution is -2.49. The van der Waals surface area contributed by atoms with Gasteiger partial charge >= 0.3 is 0 Å². The van der Waals surface area contributed by atoms with Gasteiger partial charge < -0.3 is 9.80 Å². The van der Waals surface area contributed by atoms with Crippen molar-refractivity contribution in [1.82, 2.24) is 14.5 Å². The second-order valence-corrected chi connectivity index (χ2v) is 6.53. The third-order valence-corrected chi connectivity index (χ3v) is 4.69. The summed E-state index contributed by atoms with van der Waals surface area (Å²) in [4.78, 5) is 44.7. The van der Waals surface area contributed by atoms with E-state index < -0.39 is 0 Å². The van der Waals surface area contributed by atoms with Crippen LogP contribution in [-0.4, -0.2) is 52.3 Å². The van der Waals surface area contributed by atoms with Crippen molar-refractivity contribution in [3.8, 4) is 0 Å². The molecule has 0 aliphatic carbocycles. The third-order valence-electron chi connectivity index (χ3n) is 4.69. The summed E-state index contributed by atoms with van der Waals surface area (Å²) >= 11 is 0. The van der Waals surface area contributed by atoms with Crippen LogP contribution in [0.15, 0.2) is 16.9 Å². The normalized spacial score (nSPS) is 14.9. The molecule has 0 saturated carbocycles. The largest absolute Gasteiger partial charge is 0.339 e. The number of anilines is 1. The van der Waals surface area contributed by atoms with Crippen LogP contribution in [0, 0.1) is 6.92 Å². The summed E-state index contributed by atoms with van der Waals surface area (Å²) in [5, 5.41) is 0.457. The second-order valence-electron chi connectivity index (χ2n) is 6.53. The molecule has 0 spiro atoms. The zero-order chi connectivity index (χ0) is 18.3. The van der Waals surface area contributed by atoms with Gasteiger partial charge in [-0.25, -0.2) is 4.98 Å². The standard InChI is InChI=1S/C18H22N4O3/c1-11-9-14(12(2)23)16-15(10-11)17(25)20(4)18(19-16)22-7-5-21(6-8-22)13(3)24/h9-10H,5-8H2,1-4H3. The van der Waals surface area contributed by atoms with E-state index >= 15 is 0 Å². The van der Waals surface area contributed by atoms with Crippen molar-refractivity contribution in [2.45, 2.75) is 20.8 Å². The van der Waals surface area contributed by atoms with E-state index in [1.165, 1.54) is 11.5 Å². The topological polar surface area (TPSA) is 75.5 Å². The van der Waals surface area contributed by atoms with E-state index in [0.29, 0.717) is 48.6 Å². The first-order valence-electron chi connectivity index (χ1n) is 8.32. The highest BCUT2D eigenvalue weighted by molar-refractivity contribution is 6.05. The van der Waals surface area contributed by atoms with Crippen LogP contribution in [0.3, 0.4) is 0 Å². The number of ketones is 1. The molecule has 2 heterocycles. The molecule has 132 valence electrons. The molecule has 0 atom stereocenters. The van der Waals surface area contributed by atoms with Crippen molar-refractivity contribution < 1.29 is 9.59 Å². The van der Waals surface area contributed by atoms with E-state index in [0.717, 1.165) is 5.56 Å². The van der Waals surface area contributed by atoms with E-state index in [1.54, 1.807) is 31.0 Å². The SMILES string of the molecule is CC(=O)c1cc(C)cc2c(=O)n(C)c(N3CCN(C(C)=O)CC3)nc12. The first kappa shape index (κ1) is 17.1. The smallest absolute Gasteiger partial charge is 0.262 e. The van der Waals surface area contributed by atoms with Crippen LogP contribution in [-0.2, 0) is 11.8 Å². The van der Waals surface area contributed by atoms with Crippen molar-refractivity contribution in [1.29, 1.82) is 0 Å². The number of benzene rings is 1. The first-order chi connectivity index (χ1) is 11.8. The Balaban J connectivity index is 2.11. The summed E-state index contributed by atoms with van der Waals surface area (Å²) in [5.41, 5.74) is 1.61. The maximum absolute atomic E-state index is 12.8. The number of hydrogen-bond acceptors (Lipinski definition) is 5. The number of fused-ring (bicyclic) bond motifs is 1. The number of Topliss-reactive ketones (excluding diaryl/α,β-unsaturated/α-hetero) is 1. The molecule has 1 fully saturated rings. The van der Waals surface area contributed by atoms with Crippen LogP contribution in [0.4, 0.5) is 5.95 Å².